The number of piperidine rings is 1. The summed E-state index contributed by atoms with van der Waals surface area (Å²) >= 11 is 1.28. The molecule has 9 heteroatoms. The van der Waals surface area contributed by atoms with Gasteiger partial charge in [-0.05, 0) is 42.9 Å². The molecular formula is C22H27N3O4S2. The molecule has 2 heterocycles. The summed E-state index contributed by atoms with van der Waals surface area (Å²) in [6.45, 7) is 7.36. The van der Waals surface area contributed by atoms with Gasteiger partial charge in [0.05, 0.1) is 16.8 Å². The number of benzene rings is 1. The molecule has 31 heavy (non-hydrogen) atoms. The Morgan fingerprint density at radius 3 is 2.55 bits per heavy atom. The first-order chi connectivity index (χ1) is 14.6. The van der Waals surface area contributed by atoms with E-state index in [-0.39, 0.29) is 6.54 Å². The Hall–Kier alpha value is -2.44. The van der Waals surface area contributed by atoms with Crippen LogP contribution < -0.4 is 4.80 Å². The SMILES string of the molecule is C#CCn1c(=NC(=O)CS(=O)(=O)CC(=O)N2CC(C)CC(C)C2)sc2cc(C)ccc21. The second-order valence-electron chi connectivity index (χ2n) is 8.43. The van der Waals surface area contributed by atoms with Crippen LogP contribution in [0.25, 0.3) is 10.2 Å². The zero-order valence-corrected chi connectivity index (χ0v) is 19.6. The third kappa shape index (κ3) is 5.83. The van der Waals surface area contributed by atoms with E-state index in [1.54, 1.807) is 9.47 Å². The second kappa shape index (κ2) is 9.37. The van der Waals surface area contributed by atoms with Gasteiger partial charge < -0.3 is 9.47 Å². The van der Waals surface area contributed by atoms with Crippen LogP contribution >= 0.6 is 11.3 Å². The molecule has 1 fully saturated rings. The molecule has 0 bridgehead atoms. The van der Waals surface area contributed by atoms with E-state index in [9.17, 15) is 18.0 Å². The van der Waals surface area contributed by atoms with Gasteiger partial charge in [-0.1, -0.05) is 37.2 Å². The fourth-order valence-electron chi connectivity index (χ4n) is 4.03. The lowest BCUT2D eigenvalue weighted by molar-refractivity contribution is -0.131. The predicted octanol–water partition coefficient (Wildman–Crippen LogP) is 1.99. The van der Waals surface area contributed by atoms with Gasteiger partial charge in [0.25, 0.3) is 5.91 Å². The van der Waals surface area contributed by atoms with Crippen molar-refractivity contribution in [3.8, 4) is 12.3 Å². The van der Waals surface area contributed by atoms with Gasteiger partial charge in [-0.3, -0.25) is 9.59 Å². The maximum absolute atomic E-state index is 12.5. The minimum absolute atomic E-state index is 0.214. The third-order valence-electron chi connectivity index (χ3n) is 5.22. The minimum Gasteiger partial charge on any atom is -0.341 e. The number of aryl methyl sites for hydroxylation is 1. The number of hydrogen-bond donors (Lipinski definition) is 0. The van der Waals surface area contributed by atoms with Gasteiger partial charge in [0.2, 0.25) is 5.91 Å². The van der Waals surface area contributed by atoms with Crippen molar-refractivity contribution in [2.45, 2.75) is 33.7 Å². The summed E-state index contributed by atoms with van der Waals surface area (Å²) in [5, 5.41) is 0. The molecule has 7 nitrogen and oxygen atoms in total. The van der Waals surface area contributed by atoms with Crippen molar-refractivity contribution in [2.24, 2.45) is 16.8 Å². The molecular weight excluding hydrogens is 434 g/mol. The largest absolute Gasteiger partial charge is 0.341 e. The Balaban J connectivity index is 1.78. The Kier molecular flexibility index (Phi) is 7.02. The number of likely N-dealkylation sites (tertiary alicyclic amines) is 1. The van der Waals surface area contributed by atoms with E-state index in [4.69, 9.17) is 6.42 Å². The molecule has 166 valence electrons. The molecule has 2 atom stereocenters. The van der Waals surface area contributed by atoms with Crippen molar-refractivity contribution in [1.82, 2.24) is 9.47 Å². The molecule has 2 unspecified atom stereocenters. The highest BCUT2D eigenvalue weighted by atomic mass is 32.2. The summed E-state index contributed by atoms with van der Waals surface area (Å²) in [5.41, 5.74) is 1.90. The fraction of sp³-hybridized carbons (Fsp3) is 0.500. The molecule has 2 aromatic rings. The summed E-state index contributed by atoms with van der Waals surface area (Å²) in [6, 6.07) is 5.80. The summed E-state index contributed by atoms with van der Waals surface area (Å²) < 4.78 is 27.6. The highest BCUT2D eigenvalue weighted by Gasteiger charge is 2.29. The summed E-state index contributed by atoms with van der Waals surface area (Å²) in [6.07, 6.45) is 6.47. The van der Waals surface area contributed by atoms with Gasteiger partial charge in [0, 0.05) is 13.1 Å². The van der Waals surface area contributed by atoms with Crippen LogP contribution in [0.15, 0.2) is 23.2 Å². The zero-order valence-electron chi connectivity index (χ0n) is 18.0. The first-order valence-electron chi connectivity index (χ1n) is 10.2. The number of nitrogens with zero attached hydrogens (tertiary/aromatic N) is 3. The average molecular weight is 462 g/mol. The van der Waals surface area contributed by atoms with Crippen LogP contribution in [0.4, 0.5) is 0 Å². The summed E-state index contributed by atoms with van der Waals surface area (Å²) in [4.78, 5) is 30.9. The van der Waals surface area contributed by atoms with Crippen LogP contribution in [-0.2, 0) is 26.0 Å². The van der Waals surface area contributed by atoms with Crippen LogP contribution in [0, 0.1) is 31.1 Å². The monoisotopic (exact) mass is 461 g/mol. The van der Waals surface area contributed by atoms with Crippen LogP contribution in [0.3, 0.4) is 0 Å². The molecule has 0 spiro atoms. The van der Waals surface area contributed by atoms with E-state index >= 15 is 0 Å². The quantitative estimate of drug-likeness (QED) is 0.637. The number of carbonyl (C=O) groups excluding carboxylic acids is 2. The smallest absolute Gasteiger partial charge is 0.263 e. The molecule has 3 rings (SSSR count). The topological polar surface area (TPSA) is 88.8 Å². The number of hydrogen-bond acceptors (Lipinski definition) is 5. The van der Waals surface area contributed by atoms with Gasteiger partial charge in [0.15, 0.2) is 14.6 Å². The molecule has 0 aliphatic carbocycles. The van der Waals surface area contributed by atoms with Gasteiger partial charge in [-0.25, -0.2) is 8.42 Å². The van der Waals surface area contributed by atoms with E-state index in [1.165, 1.54) is 11.3 Å². The van der Waals surface area contributed by atoms with Gasteiger partial charge in [0.1, 0.15) is 11.5 Å². The lowest BCUT2D eigenvalue weighted by Gasteiger charge is -2.34. The van der Waals surface area contributed by atoms with Crippen LogP contribution in [0.5, 0.6) is 0 Å². The van der Waals surface area contributed by atoms with Gasteiger partial charge in [-0.2, -0.15) is 4.99 Å². The lowest BCUT2D eigenvalue weighted by Crippen LogP contribution is -2.45. The normalized spacial score (nSPS) is 20.1. The second-order valence-corrected chi connectivity index (χ2v) is 11.5. The molecule has 1 aromatic heterocycles. The van der Waals surface area contributed by atoms with E-state index in [0.29, 0.717) is 29.7 Å². The molecule has 0 N–H and O–H groups in total. The molecule has 1 aliphatic rings. The molecule has 0 saturated carbocycles. The van der Waals surface area contributed by atoms with Crippen LogP contribution in [0.1, 0.15) is 25.8 Å². The molecule has 1 saturated heterocycles. The van der Waals surface area contributed by atoms with E-state index in [1.807, 2.05) is 39.0 Å². The van der Waals surface area contributed by atoms with Crippen molar-refractivity contribution in [3.05, 3.63) is 28.6 Å². The Morgan fingerprint density at radius 1 is 1.23 bits per heavy atom. The van der Waals surface area contributed by atoms with E-state index in [0.717, 1.165) is 22.2 Å². The molecule has 1 aliphatic heterocycles. The molecule has 2 amide bonds. The Labute approximate surface area is 186 Å². The van der Waals surface area contributed by atoms with Crippen molar-refractivity contribution in [3.63, 3.8) is 0 Å². The van der Waals surface area contributed by atoms with E-state index < -0.39 is 33.2 Å². The van der Waals surface area contributed by atoms with Crippen molar-refractivity contribution >= 4 is 43.2 Å². The van der Waals surface area contributed by atoms with Crippen LogP contribution in [-0.4, -0.2) is 54.3 Å². The maximum atomic E-state index is 12.5. The summed E-state index contributed by atoms with van der Waals surface area (Å²) in [5.74, 6) is 0.458. The number of carbonyl (C=O) groups is 2. The van der Waals surface area contributed by atoms with Crippen LogP contribution in [0.2, 0.25) is 0 Å². The number of fused-ring (bicyclic) bond motifs is 1. The number of aromatic nitrogens is 1. The lowest BCUT2D eigenvalue weighted by atomic mass is 9.92. The predicted molar refractivity (Wildman–Crippen MR) is 122 cm³/mol. The van der Waals surface area contributed by atoms with Crippen molar-refractivity contribution < 1.29 is 18.0 Å². The third-order valence-corrected chi connectivity index (χ3v) is 7.63. The number of thiazole rings is 1. The molecule has 0 radical (unpaired) electrons. The number of rotatable bonds is 5. The molecule has 1 aromatic carbocycles. The van der Waals surface area contributed by atoms with Crippen molar-refractivity contribution in [1.29, 1.82) is 0 Å². The number of terminal acetylenes is 1. The fourth-order valence-corrected chi connectivity index (χ4v) is 6.28. The van der Waals surface area contributed by atoms with Crippen molar-refractivity contribution in [2.75, 3.05) is 24.6 Å². The maximum Gasteiger partial charge on any atom is 0.263 e. The van der Waals surface area contributed by atoms with Gasteiger partial charge in [-0.15, -0.1) is 6.42 Å². The Morgan fingerprint density at radius 2 is 1.90 bits per heavy atom. The first-order valence-corrected chi connectivity index (χ1v) is 12.8. The zero-order chi connectivity index (χ0) is 22.8. The first kappa shape index (κ1) is 23.2. The van der Waals surface area contributed by atoms with E-state index in [2.05, 4.69) is 10.9 Å². The highest BCUT2D eigenvalue weighted by molar-refractivity contribution is 7.92. The highest BCUT2D eigenvalue weighted by Crippen LogP contribution is 2.21. The minimum atomic E-state index is -3.93. The number of amides is 2. The Bertz CT molecular complexity index is 1210. The number of sulfone groups is 1. The van der Waals surface area contributed by atoms with Gasteiger partial charge >= 0.3 is 0 Å². The standard InChI is InChI=1S/C22H27N3O4S2/c1-5-8-25-18-7-6-15(2)10-19(18)30-22(25)23-20(26)13-31(28,29)14-21(27)24-11-16(3)9-17(4)12-24/h1,6-7,10,16-17H,8-9,11-14H2,2-4H3. The summed E-state index contributed by atoms with van der Waals surface area (Å²) in [7, 11) is -3.93. The average Bonchev–Trinajstić information content (AvgIpc) is 2.96.